The van der Waals surface area contributed by atoms with Crippen LogP contribution in [0.2, 0.25) is 5.02 Å². The van der Waals surface area contributed by atoms with Crippen molar-refractivity contribution in [2.45, 2.75) is 46.3 Å². The Morgan fingerprint density at radius 2 is 1.62 bits per heavy atom. The Morgan fingerprint density at radius 3 is 2.17 bits per heavy atom. The predicted octanol–water partition coefficient (Wildman–Crippen LogP) is 7.18. The molecule has 1 amide bonds. The minimum atomic E-state index is -2.46. The van der Waals surface area contributed by atoms with Gasteiger partial charge in [-0.25, -0.2) is 14.0 Å². The van der Waals surface area contributed by atoms with E-state index in [0.717, 1.165) is 20.1 Å². The molecule has 0 bridgehead atoms. The molecule has 1 aromatic heterocycles. The molecule has 0 radical (unpaired) electrons. The van der Waals surface area contributed by atoms with E-state index in [9.17, 15) is 18.4 Å². The number of anilines is 2. The van der Waals surface area contributed by atoms with Gasteiger partial charge in [0.05, 0.1) is 15.9 Å². The zero-order chi connectivity index (χ0) is 29.2. The SMILES string of the molecule is CC(C)C(C(=O)OC(C)(C)C)N(c1ccc(-c2ccc(NC(=O)c3nc4cc(Cl)ccc4s3)cc2)cc1)S(=O)O. The summed E-state index contributed by atoms with van der Waals surface area (Å²) < 4.78 is 30.0. The minimum Gasteiger partial charge on any atom is -0.458 e. The second-order valence-corrected chi connectivity index (χ2v) is 12.8. The molecule has 40 heavy (non-hydrogen) atoms. The maximum Gasteiger partial charge on any atom is 0.330 e. The highest BCUT2D eigenvalue weighted by Gasteiger charge is 2.36. The van der Waals surface area contributed by atoms with Crippen molar-refractivity contribution >= 4 is 67.7 Å². The number of rotatable bonds is 8. The standard InChI is InChI=1S/C29H30ClN3O5S2/c1-17(2)25(28(35)38-29(3,4)5)33(40(36)37)22-13-8-19(9-14-22)18-6-11-21(12-7-18)31-26(34)27-32-23-16-20(30)10-15-24(23)39-27/h6-17,25H,1-5H3,(H,31,34)(H,36,37). The molecule has 2 atom stereocenters. The molecule has 0 fully saturated rings. The van der Waals surface area contributed by atoms with Crippen LogP contribution in [-0.2, 0) is 20.8 Å². The van der Waals surface area contributed by atoms with E-state index in [-0.39, 0.29) is 11.8 Å². The third kappa shape index (κ3) is 7.06. The highest BCUT2D eigenvalue weighted by molar-refractivity contribution is 7.80. The van der Waals surface area contributed by atoms with Crippen molar-refractivity contribution in [3.8, 4) is 11.1 Å². The normalized spacial score (nSPS) is 13.2. The van der Waals surface area contributed by atoms with Crippen LogP contribution in [0.25, 0.3) is 21.3 Å². The van der Waals surface area contributed by atoms with Crippen molar-refractivity contribution in [2.75, 3.05) is 9.62 Å². The van der Waals surface area contributed by atoms with Crippen LogP contribution in [0.4, 0.5) is 11.4 Å². The second-order valence-electron chi connectivity index (χ2n) is 10.5. The summed E-state index contributed by atoms with van der Waals surface area (Å²) in [5, 5.41) is 3.77. The molecule has 0 saturated carbocycles. The number of benzene rings is 3. The highest BCUT2D eigenvalue weighted by Crippen LogP contribution is 2.30. The summed E-state index contributed by atoms with van der Waals surface area (Å²) in [4.78, 5) is 30.0. The fourth-order valence-electron chi connectivity index (χ4n) is 4.08. The molecular formula is C29H30ClN3O5S2. The van der Waals surface area contributed by atoms with Gasteiger partial charge in [-0.2, -0.15) is 0 Å². The molecule has 0 aliphatic heterocycles. The van der Waals surface area contributed by atoms with E-state index >= 15 is 0 Å². The summed E-state index contributed by atoms with van der Waals surface area (Å²) in [7, 11) is 0. The average molecular weight is 600 g/mol. The Morgan fingerprint density at radius 1 is 1.02 bits per heavy atom. The summed E-state index contributed by atoms with van der Waals surface area (Å²) in [5.74, 6) is -1.16. The fourth-order valence-corrected chi connectivity index (χ4v) is 5.91. The summed E-state index contributed by atoms with van der Waals surface area (Å²) in [6.45, 7) is 8.87. The van der Waals surface area contributed by atoms with E-state index in [1.807, 2.05) is 30.3 Å². The fraction of sp³-hybridized carbons (Fsp3) is 0.276. The van der Waals surface area contributed by atoms with Crippen LogP contribution in [0.15, 0.2) is 66.7 Å². The summed E-state index contributed by atoms with van der Waals surface area (Å²) in [5.41, 5.74) is 2.70. The topological polar surface area (TPSA) is 109 Å². The van der Waals surface area contributed by atoms with Crippen LogP contribution >= 0.6 is 22.9 Å². The van der Waals surface area contributed by atoms with Gasteiger partial charge >= 0.3 is 5.97 Å². The van der Waals surface area contributed by atoms with Crippen LogP contribution < -0.4 is 9.62 Å². The number of nitrogens with one attached hydrogen (secondary N) is 1. The predicted molar refractivity (Wildman–Crippen MR) is 162 cm³/mol. The second kappa shape index (κ2) is 12.1. The summed E-state index contributed by atoms with van der Waals surface area (Å²) in [6, 6.07) is 18.7. The zero-order valence-electron chi connectivity index (χ0n) is 22.7. The maximum atomic E-state index is 12.9. The summed E-state index contributed by atoms with van der Waals surface area (Å²) >= 11 is 4.86. The highest BCUT2D eigenvalue weighted by atomic mass is 35.5. The van der Waals surface area contributed by atoms with Gasteiger partial charge in [0.15, 0.2) is 5.01 Å². The molecule has 0 aliphatic rings. The lowest BCUT2D eigenvalue weighted by molar-refractivity contribution is -0.157. The number of hydrogen-bond donors (Lipinski definition) is 2. The first-order valence-electron chi connectivity index (χ1n) is 12.5. The third-order valence-corrected chi connectivity index (χ3v) is 7.89. The maximum absolute atomic E-state index is 12.9. The van der Waals surface area contributed by atoms with Crippen molar-refractivity contribution in [2.24, 2.45) is 5.92 Å². The number of fused-ring (bicyclic) bond motifs is 1. The van der Waals surface area contributed by atoms with Gasteiger partial charge in [-0.05, 0) is 80.3 Å². The van der Waals surface area contributed by atoms with E-state index in [0.29, 0.717) is 26.9 Å². The molecule has 1 heterocycles. The van der Waals surface area contributed by atoms with Crippen molar-refractivity contribution in [3.05, 3.63) is 76.8 Å². The number of aromatic nitrogens is 1. The molecule has 4 rings (SSSR count). The van der Waals surface area contributed by atoms with Gasteiger partial charge in [-0.3, -0.25) is 13.7 Å². The molecular weight excluding hydrogens is 570 g/mol. The molecule has 2 N–H and O–H groups in total. The Balaban J connectivity index is 1.49. The Hall–Kier alpha value is -3.31. The van der Waals surface area contributed by atoms with Crippen molar-refractivity contribution < 1.29 is 23.1 Å². The number of nitrogens with zero attached hydrogens (tertiary/aromatic N) is 2. The van der Waals surface area contributed by atoms with Crippen molar-refractivity contribution in [1.82, 2.24) is 4.98 Å². The molecule has 8 nitrogen and oxygen atoms in total. The van der Waals surface area contributed by atoms with E-state index in [2.05, 4.69) is 10.3 Å². The number of esters is 1. The number of ether oxygens (including phenoxy) is 1. The summed E-state index contributed by atoms with van der Waals surface area (Å²) in [6.07, 6.45) is 0. The van der Waals surface area contributed by atoms with Crippen LogP contribution in [0, 0.1) is 5.92 Å². The van der Waals surface area contributed by atoms with Gasteiger partial charge < -0.3 is 10.1 Å². The van der Waals surface area contributed by atoms with Crippen LogP contribution in [0.1, 0.15) is 44.4 Å². The van der Waals surface area contributed by atoms with Crippen LogP contribution in [-0.4, -0.2) is 37.3 Å². The van der Waals surface area contributed by atoms with E-state index in [4.69, 9.17) is 16.3 Å². The monoisotopic (exact) mass is 599 g/mol. The third-order valence-electron chi connectivity index (χ3n) is 5.84. The molecule has 0 aliphatic carbocycles. The van der Waals surface area contributed by atoms with Crippen LogP contribution in [0.5, 0.6) is 0 Å². The van der Waals surface area contributed by atoms with Crippen LogP contribution in [0.3, 0.4) is 0 Å². The minimum absolute atomic E-state index is 0.283. The number of thiazole rings is 1. The average Bonchev–Trinajstić information content (AvgIpc) is 3.30. The zero-order valence-corrected chi connectivity index (χ0v) is 25.1. The molecule has 2 unspecified atom stereocenters. The first kappa shape index (κ1) is 29.7. The van der Waals surface area contributed by atoms with Gasteiger partial charge in [0.25, 0.3) is 17.2 Å². The number of hydrogen-bond acceptors (Lipinski definition) is 6. The van der Waals surface area contributed by atoms with Gasteiger partial charge in [-0.15, -0.1) is 11.3 Å². The number of halogens is 1. The van der Waals surface area contributed by atoms with Crippen molar-refractivity contribution in [3.63, 3.8) is 0 Å². The Labute approximate surface area is 244 Å². The van der Waals surface area contributed by atoms with Gasteiger partial charge in [-0.1, -0.05) is 49.7 Å². The molecule has 0 spiro atoms. The van der Waals surface area contributed by atoms with Crippen molar-refractivity contribution in [1.29, 1.82) is 0 Å². The Kier molecular flexibility index (Phi) is 8.94. The lowest BCUT2D eigenvalue weighted by Gasteiger charge is -2.33. The molecule has 210 valence electrons. The number of carbonyl (C=O) groups is 2. The lowest BCUT2D eigenvalue weighted by atomic mass is 10.0. The van der Waals surface area contributed by atoms with Gasteiger partial charge in [0.2, 0.25) is 0 Å². The largest absolute Gasteiger partial charge is 0.458 e. The molecule has 0 saturated heterocycles. The number of amides is 1. The first-order valence-corrected chi connectivity index (χ1v) is 14.8. The first-order chi connectivity index (χ1) is 18.8. The molecule has 3 aromatic carbocycles. The Bertz CT molecular complexity index is 1550. The quantitative estimate of drug-likeness (QED) is 0.164. The van der Waals surface area contributed by atoms with E-state index in [1.165, 1.54) is 11.3 Å². The van der Waals surface area contributed by atoms with Gasteiger partial charge in [0.1, 0.15) is 11.6 Å². The molecule has 11 heteroatoms. The smallest absolute Gasteiger partial charge is 0.330 e. The molecule has 4 aromatic rings. The number of carbonyl (C=O) groups excluding carboxylic acids is 2. The van der Waals surface area contributed by atoms with Gasteiger partial charge in [0, 0.05) is 10.7 Å². The van der Waals surface area contributed by atoms with E-state index < -0.39 is 28.9 Å². The lowest BCUT2D eigenvalue weighted by Crippen LogP contribution is -2.48. The van der Waals surface area contributed by atoms with E-state index in [1.54, 1.807) is 71.0 Å².